The molecular weight excluding hydrogens is 562 g/mol. The fourth-order valence-corrected chi connectivity index (χ4v) is 6.77. The fourth-order valence-electron chi connectivity index (χ4n) is 5.82. The molecule has 3 N–H and O–H groups in total. The molecule has 2 atom stereocenters. The van der Waals surface area contributed by atoms with Gasteiger partial charge in [0.25, 0.3) is 0 Å². The quantitative estimate of drug-likeness (QED) is 0.271. The highest BCUT2D eigenvalue weighted by atomic mass is 32.2. The maximum Gasteiger partial charge on any atom is 0.221 e. The smallest absolute Gasteiger partial charge is 0.221 e. The lowest BCUT2D eigenvalue weighted by atomic mass is 9.73. The minimum atomic E-state index is -1.19. The third-order valence-corrected chi connectivity index (χ3v) is 9.60. The normalized spacial score (nSPS) is 18.0. The lowest BCUT2D eigenvalue weighted by molar-refractivity contribution is -0.114. The SMILES string of the molecule is CC(=O)Nc1ccc(OCC#Cc2cnc(N3CCC4(CC3)Cc3ccccc3[C@H]4N[S+]([O-])C(C)(C)C)c(CO)n2)cc1. The van der Waals surface area contributed by atoms with Crippen LogP contribution < -0.4 is 19.7 Å². The van der Waals surface area contributed by atoms with Gasteiger partial charge in [-0.3, -0.25) is 4.79 Å². The predicted octanol–water partition coefficient (Wildman–Crippen LogP) is 4.29. The van der Waals surface area contributed by atoms with E-state index in [1.165, 1.54) is 18.1 Å². The zero-order valence-corrected chi connectivity index (χ0v) is 26.0. The van der Waals surface area contributed by atoms with Crippen LogP contribution in [0.5, 0.6) is 5.75 Å². The molecule has 5 rings (SSSR count). The number of nitrogens with zero attached hydrogens (tertiary/aromatic N) is 3. The number of aliphatic hydroxyl groups is 1. The van der Waals surface area contributed by atoms with Crippen LogP contribution in [0.15, 0.2) is 54.7 Å². The Labute approximate surface area is 256 Å². The highest BCUT2D eigenvalue weighted by molar-refractivity contribution is 7.90. The van der Waals surface area contributed by atoms with Crippen LogP contribution in [0.3, 0.4) is 0 Å². The van der Waals surface area contributed by atoms with Gasteiger partial charge in [0, 0.05) is 42.5 Å². The molecular formula is C33H39N5O4S. The van der Waals surface area contributed by atoms with Gasteiger partial charge in [-0.2, -0.15) is 0 Å². The second-order valence-electron chi connectivity index (χ2n) is 12.1. The topological polar surface area (TPSA) is 123 Å². The van der Waals surface area contributed by atoms with E-state index >= 15 is 0 Å². The Balaban J connectivity index is 1.23. The summed E-state index contributed by atoms with van der Waals surface area (Å²) in [5.41, 5.74) is 4.19. The number of hydrogen-bond donors (Lipinski definition) is 3. The molecule has 1 aliphatic heterocycles. The average Bonchev–Trinajstić information content (AvgIpc) is 3.28. The highest BCUT2D eigenvalue weighted by Crippen LogP contribution is 2.53. The highest BCUT2D eigenvalue weighted by Gasteiger charge is 2.50. The van der Waals surface area contributed by atoms with Gasteiger partial charge < -0.3 is 24.6 Å². The van der Waals surface area contributed by atoms with Crippen LogP contribution in [0.4, 0.5) is 11.5 Å². The first-order valence-corrected chi connectivity index (χ1v) is 15.7. The van der Waals surface area contributed by atoms with Gasteiger partial charge in [0.05, 0.1) is 18.8 Å². The van der Waals surface area contributed by atoms with Gasteiger partial charge in [-0.05, 0) is 81.3 Å². The summed E-state index contributed by atoms with van der Waals surface area (Å²) < 4.78 is 22.0. The molecule has 10 heteroatoms. The third kappa shape index (κ3) is 7.13. The predicted molar refractivity (Wildman–Crippen MR) is 169 cm³/mol. The largest absolute Gasteiger partial charge is 0.598 e. The number of nitrogens with one attached hydrogen (secondary N) is 2. The van der Waals surface area contributed by atoms with Gasteiger partial charge in [-0.25, -0.2) is 9.97 Å². The van der Waals surface area contributed by atoms with E-state index in [1.54, 1.807) is 30.5 Å². The van der Waals surface area contributed by atoms with Crippen LogP contribution in [0, 0.1) is 17.3 Å². The zero-order chi connectivity index (χ0) is 30.6. The molecule has 226 valence electrons. The van der Waals surface area contributed by atoms with Crippen molar-refractivity contribution in [1.29, 1.82) is 0 Å². The molecule has 1 fully saturated rings. The summed E-state index contributed by atoms with van der Waals surface area (Å²) in [6.45, 7) is 8.89. The van der Waals surface area contributed by atoms with Gasteiger partial charge in [-0.1, -0.05) is 30.2 Å². The standard InChI is InChI=1S/C33H39N5O4S/c1-23(40)35-25-11-13-27(14-12-25)42-19-7-9-26-21-34-31(29(22-39)36-26)38-17-15-33(16-18-38)20-24-8-5-6-10-28(24)30(33)37-43(41)32(2,3)4/h5-6,8,10-14,21,30,37,39H,15-20,22H2,1-4H3,(H,35,40)/t30-,43?/m1/s1. The maximum absolute atomic E-state index is 13.2. The number of aliphatic hydroxyl groups excluding tert-OH is 1. The monoisotopic (exact) mass is 601 g/mol. The molecule has 1 amide bonds. The van der Waals surface area contributed by atoms with Crippen molar-refractivity contribution in [2.45, 2.75) is 64.4 Å². The average molecular weight is 602 g/mol. The van der Waals surface area contributed by atoms with Crippen LogP contribution in [0.2, 0.25) is 0 Å². The number of fused-ring (bicyclic) bond motifs is 1. The Morgan fingerprint density at radius 3 is 2.58 bits per heavy atom. The van der Waals surface area contributed by atoms with Crippen molar-refractivity contribution in [1.82, 2.24) is 14.7 Å². The number of ether oxygens (including phenoxy) is 1. The van der Waals surface area contributed by atoms with Crippen molar-refractivity contribution < 1.29 is 19.2 Å². The number of carbonyl (C=O) groups is 1. The van der Waals surface area contributed by atoms with Gasteiger partial charge in [0.1, 0.15) is 28.5 Å². The van der Waals surface area contributed by atoms with E-state index in [0.717, 1.165) is 32.4 Å². The summed E-state index contributed by atoms with van der Waals surface area (Å²) in [5.74, 6) is 7.10. The van der Waals surface area contributed by atoms with E-state index in [9.17, 15) is 14.5 Å². The molecule has 1 unspecified atom stereocenters. The number of amides is 1. The van der Waals surface area contributed by atoms with E-state index in [0.29, 0.717) is 28.6 Å². The second kappa shape index (κ2) is 12.9. The van der Waals surface area contributed by atoms with Crippen molar-refractivity contribution in [3.8, 4) is 17.6 Å². The van der Waals surface area contributed by atoms with Crippen molar-refractivity contribution in [3.05, 3.63) is 77.2 Å². The molecule has 2 aromatic carbocycles. The fraction of sp³-hybridized carbons (Fsp3) is 0.424. The van der Waals surface area contributed by atoms with Crippen LogP contribution >= 0.6 is 0 Å². The first kappa shape index (κ1) is 30.8. The molecule has 1 aromatic heterocycles. The van der Waals surface area contributed by atoms with Crippen molar-refractivity contribution in [2.24, 2.45) is 5.41 Å². The number of piperidine rings is 1. The molecule has 1 saturated heterocycles. The van der Waals surface area contributed by atoms with Gasteiger partial charge in [0.2, 0.25) is 5.91 Å². The lowest BCUT2D eigenvalue weighted by Crippen LogP contribution is -2.50. The van der Waals surface area contributed by atoms with Crippen molar-refractivity contribution >= 4 is 28.8 Å². The number of rotatable bonds is 7. The molecule has 2 aliphatic rings. The van der Waals surface area contributed by atoms with Gasteiger partial charge >= 0.3 is 0 Å². The first-order chi connectivity index (χ1) is 20.6. The van der Waals surface area contributed by atoms with Crippen LogP contribution in [-0.4, -0.2) is 50.0 Å². The summed E-state index contributed by atoms with van der Waals surface area (Å²) in [6.07, 6.45) is 4.39. The Hall–Kier alpha value is -3.62. The van der Waals surface area contributed by atoms with Crippen LogP contribution in [-0.2, 0) is 29.2 Å². The summed E-state index contributed by atoms with van der Waals surface area (Å²) >= 11 is -1.19. The molecule has 9 nitrogen and oxygen atoms in total. The van der Waals surface area contributed by atoms with Crippen LogP contribution in [0.25, 0.3) is 0 Å². The maximum atomic E-state index is 13.2. The van der Waals surface area contributed by atoms with Crippen molar-refractivity contribution in [3.63, 3.8) is 0 Å². The van der Waals surface area contributed by atoms with Gasteiger partial charge in [0.15, 0.2) is 5.82 Å². The Kier molecular flexibility index (Phi) is 9.28. The van der Waals surface area contributed by atoms with E-state index in [-0.39, 0.29) is 35.3 Å². The minimum absolute atomic E-state index is 0.0179. The number of benzene rings is 2. The lowest BCUT2D eigenvalue weighted by Gasteiger charge is -2.44. The van der Waals surface area contributed by atoms with E-state index in [1.807, 2.05) is 20.8 Å². The molecule has 1 spiro atoms. The third-order valence-electron chi connectivity index (χ3n) is 8.04. The number of anilines is 2. The summed E-state index contributed by atoms with van der Waals surface area (Å²) in [6, 6.07) is 15.6. The number of aromatic nitrogens is 2. The summed E-state index contributed by atoms with van der Waals surface area (Å²) in [5, 5.41) is 12.9. The molecule has 43 heavy (non-hydrogen) atoms. The molecule has 3 aromatic rings. The molecule has 0 saturated carbocycles. The second-order valence-corrected chi connectivity index (χ2v) is 14.1. The molecule has 0 radical (unpaired) electrons. The molecule has 0 bridgehead atoms. The number of carbonyl (C=O) groups excluding carboxylic acids is 1. The van der Waals surface area contributed by atoms with Crippen LogP contribution in [0.1, 0.15) is 69.1 Å². The summed E-state index contributed by atoms with van der Waals surface area (Å²) in [7, 11) is 0. The van der Waals surface area contributed by atoms with Crippen molar-refractivity contribution in [2.75, 3.05) is 29.9 Å². The first-order valence-electron chi connectivity index (χ1n) is 14.5. The number of hydrogen-bond acceptors (Lipinski definition) is 8. The Bertz CT molecular complexity index is 1500. The minimum Gasteiger partial charge on any atom is -0.598 e. The molecule has 2 heterocycles. The van der Waals surface area contributed by atoms with E-state index < -0.39 is 11.4 Å². The Morgan fingerprint density at radius 2 is 1.91 bits per heavy atom. The molecule has 1 aliphatic carbocycles. The summed E-state index contributed by atoms with van der Waals surface area (Å²) in [4.78, 5) is 22.6. The Morgan fingerprint density at radius 1 is 1.19 bits per heavy atom. The van der Waals surface area contributed by atoms with E-state index in [4.69, 9.17) is 4.74 Å². The van der Waals surface area contributed by atoms with E-state index in [2.05, 4.69) is 61.0 Å². The van der Waals surface area contributed by atoms with Gasteiger partial charge in [-0.15, -0.1) is 4.72 Å². The zero-order valence-electron chi connectivity index (χ0n) is 25.1.